The summed E-state index contributed by atoms with van der Waals surface area (Å²) in [6.07, 6.45) is 3.20. The summed E-state index contributed by atoms with van der Waals surface area (Å²) in [5.41, 5.74) is 8.09. The molecule has 2 rings (SSSR count). The van der Waals surface area contributed by atoms with E-state index >= 15 is 0 Å². The molecule has 0 spiro atoms. The van der Waals surface area contributed by atoms with Crippen LogP contribution in [0.25, 0.3) is 0 Å². The van der Waals surface area contributed by atoms with Crippen LogP contribution in [0.3, 0.4) is 0 Å². The Kier molecular flexibility index (Phi) is 8.52. The Bertz CT molecular complexity index is 689. The summed E-state index contributed by atoms with van der Waals surface area (Å²) in [7, 11) is 0. The molecular weight excluding hydrogens is 328 g/mol. The summed E-state index contributed by atoms with van der Waals surface area (Å²) in [5, 5.41) is 3.25. The standard InChI is InChI=1S/C21H26N2O3/c22-12-5-4-11-20(21(25)26-16-17-7-2-1-3-8-17)23-14-18-9-6-10-19(13-18)15-24/h1-3,6-10,13,15,20,23H,4-5,11-12,14,16,22H2. The summed E-state index contributed by atoms with van der Waals surface area (Å²) < 4.78 is 5.47. The molecule has 0 aliphatic heterocycles. The Morgan fingerprint density at radius 1 is 1.08 bits per heavy atom. The molecule has 26 heavy (non-hydrogen) atoms. The molecule has 5 nitrogen and oxygen atoms in total. The van der Waals surface area contributed by atoms with Gasteiger partial charge in [0, 0.05) is 12.1 Å². The van der Waals surface area contributed by atoms with Crippen LogP contribution in [0.5, 0.6) is 0 Å². The SMILES string of the molecule is NCCCCC(NCc1cccc(C=O)c1)C(=O)OCc1ccccc1. The first-order valence-electron chi connectivity index (χ1n) is 8.91. The second kappa shape index (κ2) is 11.2. The number of carbonyl (C=O) groups excluding carboxylic acids is 2. The maximum absolute atomic E-state index is 12.5. The lowest BCUT2D eigenvalue weighted by atomic mass is 10.1. The Morgan fingerprint density at radius 3 is 2.58 bits per heavy atom. The molecule has 0 radical (unpaired) electrons. The molecule has 5 heteroatoms. The average molecular weight is 354 g/mol. The topological polar surface area (TPSA) is 81.4 Å². The third kappa shape index (κ3) is 6.78. The Balaban J connectivity index is 1.92. The second-order valence-electron chi connectivity index (χ2n) is 6.17. The number of carbonyl (C=O) groups is 2. The van der Waals surface area contributed by atoms with Crippen molar-refractivity contribution in [2.24, 2.45) is 5.73 Å². The normalized spacial score (nSPS) is 11.7. The molecule has 0 amide bonds. The van der Waals surface area contributed by atoms with E-state index in [1.165, 1.54) is 0 Å². The van der Waals surface area contributed by atoms with Crippen LogP contribution in [-0.4, -0.2) is 24.8 Å². The number of ether oxygens (including phenoxy) is 1. The van der Waals surface area contributed by atoms with Gasteiger partial charge in [-0.2, -0.15) is 0 Å². The van der Waals surface area contributed by atoms with Gasteiger partial charge in [-0.25, -0.2) is 0 Å². The summed E-state index contributed by atoms with van der Waals surface area (Å²) in [6.45, 7) is 1.36. The molecule has 3 N–H and O–H groups in total. The van der Waals surface area contributed by atoms with Crippen molar-refractivity contribution in [1.82, 2.24) is 5.32 Å². The molecule has 0 saturated heterocycles. The molecular formula is C21H26N2O3. The molecule has 0 fully saturated rings. The third-order valence-electron chi connectivity index (χ3n) is 4.10. The monoisotopic (exact) mass is 354 g/mol. The number of rotatable bonds is 11. The zero-order valence-corrected chi connectivity index (χ0v) is 14.9. The van der Waals surface area contributed by atoms with Crippen LogP contribution < -0.4 is 11.1 Å². The van der Waals surface area contributed by atoms with Gasteiger partial charge in [0.2, 0.25) is 0 Å². The average Bonchev–Trinajstić information content (AvgIpc) is 2.69. The third-order valence-corrected chi connectivity index (χ3v) is 4.10. The first-order valence-corrected chi connectivity index (χ1v) is 8.91. The molecule has 0 bridgehead atoms. The zero-order valence-electron chi connectivity index (χ0n) is 14.9. The first-order chi connectivity index (χ1) is 12.7. The molecule has 1 atom stereocenters. The van der Waals surface area contributed by atoms with E-state index in [0.717, 1.165) is 30.3 Å². The number of hydrogen-bond acceptors (Lipinski definition) is 5. The van der Waals surface area contributed by atoms with Crippen molar-refractivity contribution in [3.8, 4) is 0 Å². The van der Waals surface area contributed by atoms with Crippen molar-refractivity contribution in [3.63, 3.8) is 0 Å². The van der Waals surface area contributed by atoms with Gasteiger partial charge >= 0.3 is 5.97 Å². The van der Waals surface area contributed by atoms with Crippen LogP contribution in [0.15, 0.2) is 54.6 Å². The lowest BCUT2D eigenvalue weighted by Crippen LogP contribution is -2.37. The predicted octanol–water partition coefficient (Wildman–Crippen LogP) is 2.83. The molecule has 2 aromatic rings. The number of benzene rings is 2. The van der Waals surface area contributed by atoms with E-state index in [2.05, 4.69) is 5.32 Å². The fraction of sp³-hybridized carbons (Fsp3) is 0.333. The highest BCUT2D eigenvalue weighted by molar-refractivity contribution is 5.76. The smallest absolute Gasteiger partial charge is 0.323 e. The highest BCUT2D eigenvalue weighted by Gasteiger charge is 2.19. The number of unbranched alkanes of at least 4 members (excludes halogenated alkanes) is 1. The number of hydrogen-bond donors (Lipinski definition) is 2. The highest BCUT2D eigenvalue weighted by Crippen LogP contribution is 2.09. The fourth-order valence-electron chi connectivity index (χ4n) is 2.64. The minimum atomic E-state index is -0.398. The minimum absolute atomic E-state index is 0.259. The van der Waals surface area contributed by atoms with Gasteiger partial charge in [0.15, 0.2) is 0 Å². The molecule has 0 saturated carbocycles. The van der Waals surface area contributed by atoms with Crippen molar-refractivity contribution in [2.75, 3.05) is 6.54 Å². The van der Waals surface area contributed by atoms with Crippen LogP contribution in [0, 0.1) is 0 Å². The summed E-state index contributed by atoms with van der Waals surface area (Å²) in [5.74, 6) is -0.266. The lowest BCUT2D eigenvalue weighted by Gasteiger charge is -2.18. The van der Waals surface area contributed by atoms with Crippen molar-refractivity contribution < 1.29 is 14.3 Å². The summed E-state index contributed by atoms with van der Waals surface area (Å²) >= 11 is 0. The molecule has 0 heterocycles. The van der Waals surface area contributed by atoms with Gasteiger partial charge in [0.1, 0.15) is 18.9 Å². The predicted molar refractivity (Wildman–Crippen MR) is 102 cm³/mol. The first kappa shape index (κ1) is 19.8. The fourth-order valence-corrected chi connectivity index (χ4v) is 2.64. The van der Waals surface area contributed by atoms with E-state index < -0.39 is 6.04 Å². The number of nitrogens with one attached hydrogen (secondary N) is 1. The number of aldehydes is 1. The molecule has 1 unspecified atom stereocenters. The molecule has 0 aliphatic rings. The molecule has 0 aliphatic carbocycles. The lowest BCUT2D eigenvalue weighted by molar-refractivity contribution is -0.147. The number of esters is 1. The van der Waals surface area contributed by atoms with Crippen LogP contribution in [0.4, 0.5) is 0 Å². The van der Waals surface area contributed by atoms with E-state index in [-0.39, 0.29) is 12.6 Å². The maximum Gasteiger partial charge on any atom is 0.323 e. The van der Waals surface area contributed by atoms with Crippen LogP contribution >= 0.6 is 0 Å². The zero-order chi connectivity index (χ0) is 18.6. The largest absolute Gasteiger partial charge is 0.460 e. The van der Waals surface area contributed by atoms with Crippen molar-refractivity contribution in [3.05, 3.63) is 71.3 Å². The van der Waals surface area contributed by atoms with E-state index in [1.54, 1.807) is 6.07 Å². The highest BCUT2D eigenvalue weighted by atomic mass is 16.5. The van der Waals surface area contributed by atoms with E-state index in [0.29, 0.717) is 25.1 Å². The second-order valence-corrected chi connectivity index (χ2v) is 6.17. The molecule has 2 aromatic carbocycles. The van der Waals surface area contributed by atoms with Crippen molar-refractivity contribution >= 4 is 12.3 Å². The van der Waals surface area contributed by atoms with Gasteiger partial charge < -0.3 is 15.8 Å². The van der Waals surface area contributed by atoms with Gasteiger partial charge in [0.25, 0.3) is 0 Å². The number of nitrogens with two attached hydrogens (primary N) is 1. The molecule has 138 valence electrons. The Labute approximate surface area is 154 Å². The quantitative estimate of drug-likeness (QED) is 0.368. The van der Waals surface area contributed by atoms with E-state index in [9.17, 15) is 9.59 Å². The van der Waals surface area contributed by atoms with Gasteiger partial charge in [-0.3, -0.25) is 9.59 Å². The Hall–Kier alpha value is -2.50. The van der Waals surface area contributed by atoms with Gasteiger partial charge in [-0.15, -0.1) is 0 Å². The van der Waals surface area contributed by atoms with Crippen LogP contribution in [-0.2, 0) is 22.7 Å². The summed E-state index contributed by atoms with van der Waals surface area (Å²) in [4.78, 5) is 23.4. The van der Waals surface area contributed by atoms with Gasteiger partial charge in [-0.05, 0) is 36.6 Å². The van der Waals surface area contributed by atoms with E-state index in [1.807, 2.05) is 48.5 Å². The summed E-state index contributed by atoms with van der Waals surface area (Å²) in [6, 6.07) is 16.5. The van der Waals surface area contributed by atoms with Gasteiger partial charge in [-0.1, -0.05) is 55.0 Å². The maximum atomic E-state index is 12.5. The van der Waals surface area contributed by atoms with Gasteiger partial charge in [0.05, 0.1) is 0 Å². The van der Waals surface area contributed by atoms with Crippen molar-refractivity contribution in [2.45, 2.75) is 38.5 Å². The van der Waals surface area contributed by atoms with Crippen LogP contribution in [0.1, 0.15) is 40.7 Å². The van der Waals surface area contributed by atoms with Crippen LogP contribution in [0.2, 0.25) is 0 Å². The van der Waals surface area contributed by atoms with Crippen molar-refractivity contribution in [1.29, 1.82) is 0 Å². The Morgan fingerprint density at radius 2 is 1.85 bits per heavy atom. The molecule has 0 aromatic heterocycles. The minimum Gasteiger partial charge on any atom is -0.460 e. The van der Waals surface area contributed by atoms with E-state index in [4.69, 9.17) is 10.5 Å².